The van der Waals surface area contributed by atoms with Gasteiger partial charge in [0.15, 0.2) is 0 Å². The van der Waals surface area contributed by atoms with Crippen LogP contribution in [0.25, 0.3) is 0 Å². The maximum Gasteiger partial charge on any atom is 0.414 e. The number of cyclic esters (lactones) is 1. The quantitative estimate of drug-likeness (QED) is 0.767. The summed E-state index contributed by atoms with van der Waals surface area (Å²) in [6.07, 6.45) is 0.459. The second kappa shape index (κ2) is 6.54. The van der Waals surface area contributed by atoms with Crippen LogP contribution in [-0.2, 0) is 4.74 Å². The number of nitrogens with one attached hydrogen (secondary N) is 1. The van der Waals surface area contributed by atoms with E-state index >= 15 is 0 Å². The van der Waals surface area contributed by atoms with Crippen molar-refractivity contribution >= 4 is 11.8 Å². The van der Waals surface area contributed by atoms with E-state index in [2.05, 4.69) is 12.2 Å². The van der Waals surface area contributed by atoms with Gasteiger partial charge in [-0.2, -0.15) is 0 Å². The Balaban J connectivity index is 2.04. The van der Waals surface area contributed by atoms with E-state index in [9.17, 15) is 4.79 Å². The van der Waals surface area contributed by atoms with Gasteiger partial charge in [-0.05, 0) is 37.6 Å². The zero-order valence-electron chi connectivity index (χ0n) is 11.1. The van der Waals surface area contributed by atoms with Gasteiger partial charge in [-0.1, -0.05) is 12.1 Å². The molecule has 0 aromatic heterocycles. The molecule has 1 aromatic rings. The molecule has 0 saturated carbocycles. The lowest BCUT2D eigenvalue weighted by Crippen LogP contribution is -2.24. The number of aliphatic hydroxyl groups is 1. The highest BCUT2D eigenvalue weighted by Gasteiger charge is 2.23. The third-order valence-corrected chi connectivity index (χ3v) is 3.23. The third-order valence-electron chi connectivity index (χ3n) is 3.23. The predicted octanol–water partition coefficient (Wildman–Crippen LogP) is 1.68. The van der Waals surface area contributed by atoms with Gasteiger partial charge in [0.25, 0.3) is 0 Å². The molecule has 1 aliphatic heterocycles. The van der Waals surface area contributed by atoms with E-state index in [1.165, 1.54) is 0 Å². The molecular weight excluding hydrogens is 244 g/mol. The molecule has 1 unspecified atom stereocenters. The number of aliphatic hydroxyl groups excluding tert-OH is 1. The largest absolute Gasteiger partial charge is 0.447 e. The first-order chi connectivity index (χ1) is 9.22. The molecule has 1 aliphatic rings. The van der Waals surface area contributed by atoms with Crippen LogP contribution >= 0.6 is 0 Å². The van der Waals surface area contributed by atoms with Crippen molar-refractivity contribution in [3.63, 3.8) is 0 Å². The Labute approximate surface area is 113 Å². The first-order valence-electron chi connectivity index (χ1n) is 6.61. The summed E-state index contributed by atoms with van der Waals surface area (Å²) < 4.78 is 4.94. The van der Waals surface area contributed by atoms with Crippen LogP contribution in [0.5, 0.6) is 0 Å². The highest BCUT2D eigenvalue weighted by Crippen LogP contribution is 2.23. The Morgan fingerprint density at radius 2 is 2.37 bits per heavy atom. The number of carbonyl (C=O) groups is 1. The summed E-state index contributed by atoms with van der Waals surface area (Å²) in [7, 11) is 0. The van der Waals surface area contributed by atoms with Crippen molar-refractivity contribution in [3.05, 3.63) is 29.8 Å². The molecule has 0 radical (unpaired) electrons. The van der Waals surface area contributed by atoms with Crippen LogP contribution in [0.2, 0.25) is 0 Å². The van der Waals surface area contributed by atoms with E-state index in [-0.39, 0.29) is 18.7 Å². The Hall–Kier alpha value is -1.59. The number of nitrogens with zero attached hydrogens (tertiary/aromatic N) is 1. The van der Waals surface area contributed by atoms with E-state index in [4.69, 9.17) is 9.84 Å². The first kappa shape index (κ1) is 13.8. The summed E-state index contributed by atoms with van der Waals surface area (Å²) in [5, 5.41) is 12.1. The van der Waals surface area contributed by atoms with Crippen LogP contribution in [0.15, 0.2) is 24.3 Å². The highest BCUT2D eigenvalue weighted by atomic mass is 16.6. The lowest BCUT2D eigenvalue weighted by Gasteiger charge is -2.18. The smallest absolute Gasteiger partial charge is 0.414 e. The SMILES string of the molecule is CC(NCCCO)c1cccc(N2CCOC2=O)c1. The van der Waals surface area contributed by atoms with Crippen LogP contribution in [0.1, 0.15) is 24.9 Å². The van der Waals surface area contributed by atoms with Crippen molar-refractivity contribution in [2.45, 2.75) is 19.4 Å². The number of amides is 1. The number of anilines is 1. The summed E-state index contributed by atoms with van der Waals surface area (Å²) in [5.74, 6) is 0. The average molecular weight is 264 g/mol. The number of rotatable bonds is 6. The summed E-state index contributed by atoms with van der Waals surface area (Å²) >= 11 is 0. The summed E-state index contributed by atoms with van der Waals surface area (Å²) in [6, 6.07) is 8.08. The van der Waals surface area contributed by atoms with Gasteiger partial charge in [-0.15, -0.1) is 0 Å². The molecule has 5 heteroatoms. The average Bonchev–Trinajstić information content (AvgIpc) is 2.85. The van der Waals surface area contributed by atoms with Crippen LogP contribution in [0, 0.1) is 0 Å². The fraction of sp³-hybridized carbons (Fsp3) is 0.500. The molecule has 1 fully saturated rings. The second-order valence-corrected chi connectivity index (χ2v) is 4.61. The topological polar surface area (TPSA) is 61.8 Å². The van der Waals surface area contributed by atoms with Crippen molar-refractivity contribution in [1.82, 2.24) is 5.32 Å². The molecule has 0 bridgehead atoms. The Morgan fingerprint density at radius 3 is 3.05 bits per heavy atom. The molecule has 0 spiro atoms. The number of benzene rings is 1. The minimum Gasteiger partial charge on any atom is -0.447 e. The van der Waals surface area contributed by atoms with E-state index in [0.29, 0.717) is 13.2 Å². The Kier molecular flexibility index (Phi) is 4.76. The van der Waals surface area contributed by atoms with Gasteiger partial charge in [0.1, 0.15) is 6.61 Å². The molecule has 1 saturated heterocycles. The lowest BCUT2D eigenvalue weighted by atomic mass is 10.1. The summed E-state index contributed by atoms with van der Waals surface area (Å²) in [5.41, 5.74) is 1.99. The van der Waals surface area contributed by atoms with Crippen LogP contribution in [0.4, 0.5) is 10.5 Å². The van der Waals surface area contributed by atoms with Gasteiger partial charge in [0.05, 0.1) is 6.54 Å². The maximum absolute atomic E-state index is 11.5. The number of ether oxygens (including phenoxy) is 1. The molecule has 2 N–H and O–H groups in total. The molecule has 1 aromatic carbocycles. The van der Waals surface area contributed by atoms with E-state index < -0.39 is 0 Å². The summed E-state index contributed by atoms with van der Waals surface area (Å²) in [4.78, 5) is 13.2. The molecular formula is C14H20N2O3. The molecule has 5 nitrogen and oxygen atoms in total. The molecule has 104 valence electrons. The van der Waals surface area contributed by atoms with Crippen molar-refractivity contribution in [1.29, 1.82) is 0 Å². The normalized spacial score (nSPS) is 16.5. The van der Waals surface area contributed by atoms with Crippen LogP contribution in [0.3, 0.4) is 0 Å². The van der Waals surface area contributed by atoms with E-state index in [1.54, 1.807) is 4.90 Å². The second-order valence-electron chi connectivity index (χ2n) is 4.61. The lowest BCUT2D eigenvalue weighted by molar-refractivity contribution is 0.181. The third kappa shape index (κ3) is 3.45. The molecule has 19 heavy (non-hydrogen) atoms. The molecule has 1 heterocycles. The van der Waals surface area contributed by atoms with Crippen molar-refractivity contribution in [2.24, 2.45) is 0 Å². The Morgan fingerprint density at radius 1 is 1.53 bits per heavy atom. The maximum atomic E-state index is 11.5. The van der Waals surface area contributed by atoms with Gasteiger partial charge < -0.3 is 15.2 Å². The zero-order chi connectivity index (χ0) is 13.7. The fourth-order valence-corrected chi connectivity index (χ4v) is 2.11. The fourth-order valence-electron chi connectivity index (χ4n) is 2.11. The highest BCUT2D eigenvalue weighted by molar-refractivity contribution is 5.89. The molecule has 1 atom stereocenters. The number of carbonyl (C=O) groups excluding carboxylic acids is 1. The predicted molar refractivity (Wildman–Crippen MR) is 73.3 cm³/mol. The molecule has 2 rings (SSSR count). The molecule has 1 amide bonds. The minimum absolute atomic E-state index is 0.185. The Bertz CT molecular complexity index is 436. The van der Waals surface area contributed by atoms with Gasteiger partial charge in [-0.3, -0.25) is 4.90 Å². The van der Waals surface area contributed by atoms with Crippen LogP contribution < -0.4 is 10.2 Å². The number of hydrogen-bond donors (Lipinski definition) is 2. The van der Waals surface area contributed by atoms with Crippen molar-refractivity contribution in [3.8, 4) is 0 Å². The van der Waals surface area contributed by atoms with Gasteiger partial charge in [-0.25, -0.2) is 4.79 Å². The van der Waals surface area contributed by atoms with Gasteiger partial charge in [0.2, 0.25) is 0 Å². The summed E-state index contributed by atoms with van der Waals surface area (Å²) in [6.45, 7) is 4.09. The van der Waals surface area contributed by atoms with Crippen molar-refractivity contribution in [2.75, 3.05) is 31.2 Å². The first-order valence-corrected chi connectivity index (χ1v) is 6.61. The zero-order valence-corrected chi connectivity index (χ0v) is 11.1. The number of hydrogen-bond acceptors (Lipinski definition) is 4. The van der Waals surface area contributed by atoms with Gasteiger partial charge in [0, 0.05) is 18.3 Å². The van der Waals surface area contributed by atoms with E-state index in [0.717, 1.165) is 24.2 Å². The van der Waals surface area contributed by atoms with Crippen LogP contribution in [-0.4, -0.2) is 37.5 Å². The minimum atomic E-state index is -0.280. The van der Waals surface area contributed by atoms with Gasteiger partial charge >= 0.3 is 6.09 Å². The monoisotopic (exact) mass is 264 g/mol. The van der Waals surface area contributed by atoms with Crippen molar-refractivity contribution < 1.29 is 14.6 Å². The standard InChI is InChI=1S/C14H20N2O3/c1-11(15-6-3-8-17)12-4-2-5-13(10-12)16-7-9-19-14(16)18/h2,4-5,10-11,15,17H,3,6-9H2,1H3. The molecule has 0 aliphatic carbocycles. The van der Waals surface area contributed by atoms with E-state index in [1.807, 2.05) is 24.3 Å².